The van der Waals surface area contributed by atoms with Crippen molar-refractivity contribution in [2.24, 2.45) is 5.73 Å². The Morgan fingerprint density at radius 1 is 1.26 bits per heavy atom. The number of aromatic nitrogens is 2. The zero-order valence-corrected chi connectivity index (χ0v) is 12.2. The highest BCUT2D eigenvalue weighted by Crippen LogP contribution is 2.28. The third-order valence-electron chi connectivity index (χ3n) is 3.20. The van der Waals surface area contributed by atoms with E-state index in [2.05, 4.69) is 54.6 Å². The fraction of sp³-hybridized carbons (Fsp3) is 0.438. The van der Waals surface area contributed by atoms with Crippen LogP contribution < -0.4 is 5.73 Å². The van der Waals surface area contributed by atoms with Crippen molar-refractivity contribution in [1.29, 1.82) is 0 Å². The molecule has 0 amide bonds. The molecule has 0 saturated carbocycles. The molecule has 3 nitrogen and oxygen atoms in total. The van der Waals surface area contributed by atoms with Gasteiger partial charge in [-0.2, -0.15) is 0 Å². The quantitative estimate of drug-likeness (QED) is 0.917. The van der Waals surface area contributed by atoms with Crippen LogP contribution in [0.15, 0.2) is 36.8 Å². The van der Waals surface area contributed by atoms with Gasteiger partial charge in [0.05, 0.1) is 18.2 Å². The molecular formula is C16H23N3. The molecule has 0 radical (unpaired) electrons. The minimum atomic E-state index is 0.0211. The Bertz CT molecular complexity index is 547. The van der Waals surface area contributed by atoms with Crippen molar-refractivity contribution in [1.82, 2.24) is 9.55 Å². The molecule has 0 aliphatic rings. The highest BCUT2D eigenvalue weighted by Gasteiger charge is 2.18. The molecule has 2 aromatic rings. The van der Waals surface area contributed by atoms with Gasteiger partial charge in [-0.3, -0.25) is 0 Å². The number of hydrogen-bond donors (Lipinski definition) is 1. The van der Waals surface area contributed by atoms with Crippen molar-refractivity contribution in [2.45, 2.75) is 45.7 Å². The molecule has 0 bridgehead atoms. The summed E-state index contributed by atoms with van der Waals surface area (Å²) >= 11 is 0. The molecule has 1 aromatic carbocycles. The summed E-state index contributed by atoms with van der Waals surface area (Å²) in [5.41, 5.74) is 9.64. The Morgan fingerprint density at radius 2 is 1.95 bits per heavy atom. The molecule has 3 heteroatoms. The molecular weight excluding hydrogens is 234 g/mol. The molecule has 1 heterocycles. The van der Waals surface area contributed by atoms with Crippen LogP contribution in [0.25, 0.3) is 11.3 Å². The molecule has 0 aliphatic heterocycles. The Kier molecular flexibility index (Phi) is 3.76. The van der Waals surface area contributed by atoms with Crippen molar-refractivity contribution < 1.29 is 0 Å². The number of hydrogen-bond acceptors (Lipinski definition) is 2. The van der Waals surface area contributed by atoms with Crippen LogP contribution in [-0.4, -0.2) is 15.6 Å². The Hall–Kier alpha value is -1.61. The van der Waals surface area contributed by atoms with E-state index in [1.807, 2.05) is 19.4 Å². The molecule has 2 N–H and O–H groups in total. The van der Waals surface area contributed by atoms with E-state index in [1.165, 1.54) is 11.1 Å². The lowest BCUT2D eigenvalue weighted by Crippen LogP contribution is -2.22. The van der Waals surface area contributed by atoms with Gasteiger partial charge in [0.1, 0.15) is 0 Å². The highest BCUT2D eigenvalue weighted by atomic mass is 15.1. The number of imidazole rings is 1. The predicted octanol–water partition coefficient (Wildman–Crippen LogP) is 3.19. The zero-order chi connectivity index (χ0) is 14.0. The standard InChI is InChI=1S/C16H23N3/c1-12(17)9-13-7-5-6-8-14(13)15-10-18-11-19(15)16(2,3)4/h5-8,10-12H,9,17H2,1-4H3. The van der Waals surface area contributed by atoms with E-state index in [1.54, 1.807) is 0 Å². The molecule has 0 fully saturated rings. The van der Waals surface area contributed by atoms with Gasteiger partial charge in [0.2, 0.25) is 0 Å². The minimum absolute atomic E-state index is 0.0211. The molecule has 1 unspecified atom stereocenters. The van der Waals surface area contributed by atoms with Crippen molar-refractivity contribution in [3.63, 3.8) is 0 Å². The normalized spacial score (nSPS) is 13.5. The van der Waals surface area contributed by atoms with Crippen LogP contribution in [0.2, 0.25) is 0 Å². The molecule has 0 saturated heterocycles. The largest absolute Gasteiger partial charge is 0.328 e. The van der Waals surface area contributed by atoms with Gasteiger partial charge in [-0.1, -0.05) is 24.3 Å². The van der Waals surface area contributed by atoms with Crippen molar-refractivity contribution in [3.8, 4) is 11.3 Å². The average molecular weight is 257 g/mol. The molecule has 0 aliphatic carbocycles. The van der Waals surface area contributed by atoms with Gasteiger partial charge in [0.25, 0.3) is 0 Å². The summed E-state index contributed by atoms with van der Waals surface area (Å²) in [4.78, 5) is 4.32. The molecule has 102 valence electrons. The average Bonchev–Trinajstić information content (AvgIpc) is 2.77. The lowest BCUT2D eigenvalue weighted by molar-refractivity contribution is 0.400. The molecule has 2 rings (SSSR count). The third-order valence-corrected chi connectivity index (χ3v) is 3.20. The van der Waals surface area contributed by atoms with Crippen LogP contribution in [-0.2, 0) is 12.0 Å². The van der Waals surface area contributed by atoms with Crippen LogP contribution in [0.3, 0.4) is 0 Å². The predicted molar refractivity (Wildman–Crippen MR) is 80.0 cm³/mol. The van der Waals surface area contributed by atoms with E-state index in [9.17, 15) is 0 Å². The first kappa shape index (κ1) is 13.8. The van der Waals surface area contributed by atoms with Gasteiger partial charge >= 0.3 is 0 Å². The third kappa shape index (κ3) is 3.04. The van der Waals surface area contributed by atoms with E-state index in [-0.39, 0.29) is 11.6 Å². The van der Waals surface area contributed by atoms with E-state index in [0.717, 1.165) is 12.1 Å². The highest BCUT2D eigenvalue weighted by molar-refractivity contribution is 5.64. The first-order valence-corrected chi connectivity index (χ1v) is 6.76. The summed E-state index contributed by atoms with van der Waals surface area (Å²) in [5.74, 6) is 0. The van der Waals surface area contributed by atoms with Crippen molar-refractivity contribution in [2.75, 3.05) is 0 Å². The summed E-state index contributed by atoms with van der Waals surface area (Å²) in [7, 11) is 0. The number of benzene rings is 1. The summed E-state index contributed by atoms with van der Waals surface area (Å²) in [6.45, 7) is 8.60. The monoisotopic (exact) mass is 257 g/mol. The maximum atomic E-state index is 5.95. The maximum absolute atomic E-state index is 5.95. The second kappa shape index (κ2) is 5.17. The van der Waals surface area contributed by atoms with E-state index >= 15 is 0 Å². The van der Waals surface area contributed by atoms with Crippen LogP contribution in [0.4, 0.5) is 0 Å². The second-order valence-electron chi connectivity index (χ2n) is 6.16. The maximum Gasteiger partial charge on any atom is 0.0955 e. The number of nitrogens with two attached hydrogens (primary N) is 1. The number of nitrogens with zero attached hydrogens (tertiary/aromatic N) is 2. The lowest BCUT2D eigenvalue weighted by atomic mass is 9.98. The van der Waals surface area contributed by atoms with Gasteiger partial charge in [-0.15, -0.1) is 0 Å². The first-order valence-electron chi connectivity index (χ1n) is 6.76. The first-order chi connectivity index (χ1) is 8.89. The molecule has 1 atom stereocenters. The van der Waals surface area contributed by atoms with Gasteiger partial charge in [-0.05, 0) is 39.7 Å². The molecule has 0 spiro atoms. The van der Waals surface area contributed by atoms with Gasteiger partial charge < -0.3 is 10.3 Å². The molecule has 19 heavy (non-hydrogen) atoms. The van der Waals surface area contributed by atoms with E-state index in [4.69, 9.17) is 5.73 Å². The minimum Gasteiger partial charge on any atom is -0.328 e. The Balaban J connectivity index is 2.51. The molecule has 1 aromatic heterocycles. The summed E-state index contributed by atoms with van der Waals surface area (Å²) in [6, 6.07) is 8.60. The van der Waals surface area contributed by atoms with E-state index < -0.39 is 0 Å². The van der Waals surface area contributed by atoms with Crippen molar-refractivity contribution >= 4 is 0 Å². The number of rotatable bonds is 3. The second-order valence-corrected chi connectivity index (χ2v) is 6.16. The van der Waals surface area contributed by atoms with Crippen molar-refractivity contribution in [3.05, 3.63) is 42.4 Å². The summed E-state index contributed by atoms with van der Waals surface area (Å²) < 4.78 is 2.22. The fourth-order valence-corrected chi connectivity index (χ4v) is 2.32. The zero-order valence-electron chi connectivity index (χ0n) is 12.2. The Labute approximate surface area is 115 Å². The lowest BCUT2D eigenvalue weighted by Gasteiger charge is -2.24. The SMILES string of the molecule is CC(N)Cc1ccccc1-c1cncn1C(C)(C)C. The fourth-order valence-electron chi connectivity index (χ4n) is 2.32. The summed E-state index contributed by atoms with van der Waals surface area (Å²) in [6.07, 6.45) is 4.72. The van der Waals surface area contributed by atoms with Crippen LogP contribution in [0.1, 0.15) is 33.3 Å². The van der Waals surface area contributed by atoms with Crippen LogP contribution in [0.5, 0.6) is 0 Å². The van der Waals surface area contributed by atoms with Crippen LogP contribution >= 0.6 is 0 Å². The topological polar surface area (TPSA) is 43.8 Å². The Morgan fingerprint density at radius 3 is 2.58 bits per heavy atom. The smallest absolute Gasteiger partial charge is 0.0955 e. The summed E-state index contributed by atoms with van der Waals surface area (Å²) in [5, 5.41) is 0. The van der Waals surface area contributed by atoms with Crippen LogP contribution in [0, 0.1) is 0 Å². The van der Waals surface area contributed by atoms with Gasteiger partial charge in [-0.25, -0.2) is 4.98 Å². The van der Waals surface area contributed by atoms with E-state index in [0.29, 0.717) is 0 Å². The van der Waals surface area contributed by atoms with Gasteiger partial charge in [0.15, 0.2) is 0 Å². The van der Waals surface area contributed by atoms with Gasteiger partial charge in [0, 0.05) is 17.1 Å².